The van der Waals surface area contributed by atoms with Gasteiger partial charge in [-0.1, -0.05) is 6.07 Å². The number of nitrogens with one attached hydrogen (secondary N) is 1. The quantitative estimate of drug-likeness (QED) is 0.894. The van der Waals surface area contributed by atoms with E-state index in [2.05, 4.69) is 5.32 Å². The highest BCUT2D eigenvalue weighted by Crippen LogP contribution is 2.23. The molecule has 0 unspecified atom stereocenters. The molecular formula is C14H14FNO2S. The third kappa shape index (κ3) is 3.12. The summed E-state index contributed by atoms with van der Waals surface area (Å²) in [6, 6.07) is 6.61. The molecule has 19 heavy (non-hydrogen) atoms. The fourth-order valence-corrected chi connectivity index (χ4v) is 2.58. The molecule has 100 valence electrons. The minimum Gasteiger partial charge on any atom is -0.477 e. The van der Waals surface area contributed by atoms with Gasteiger partial charge in [-0.2, -0.15) is 0 Å². The second-order valence-electron chi connectivity index (χ2n) is 4.31. The van der Waals surface area contributed by atoms with Crippen molar-refractivity contribution in [2.75, 3.05) is 5.32 Å². The number of carboxylic acids is 1. The first-order valence-electron chi connectivity index (χ1n) is 5.80. The van der Waals surface area contributed by atoms with E-state index in [-0.39, 0.29) is 5.82 Å². The molecule has 2 aromatic rings. The molecule has 2 N–H and O–H groups in total. The molecule has 3 nitrogen and oxygen atoms in total. The van der Waals surface area contributed by atoms with E-state index in [1.165, 1.54) is 17.4 Å². The van der Waals surface area contributed by atoms with Gasteiger partial charge in [-0.25, -0.2) is 9.18 Å². The average Bonchev–Trinajstić information content (AvgIpc) is 2.73. The summed E-state index contributed by atoms with van der Waals surface area (Å²) in [5, 5.41) is 12.0. The van der Waals surface area contributed by atoms with Gasteiger partial charge in [0.15, 0.2) is 0 Å². The Morgan fingerprint density at radius 1 is 1.37 bits per heavy atom. The molecule has 5 heteroatoms. The van der Waals surface area contributed by atoms with Crippen molar-refractivity contribution < 1.29 is 14.3 Å². The summed E-state index contributed by atoms with van der Waals surface area (Å²) in [5.74, 6) is -1.17. The number of aryl methyl sites for hydroxylation is 2. The van der Waals surface area contributed by atoms with E-state index < -0.39 is 5.97 Å². The monoisotopic (exact) mass is 279 g/mol. The highest BCUT2D eigenvalue weighted by atomic mass is 32.1. The molecular weight excluding hydrogens is 265 g/mol. The molecule has 0 aliphatic carbocycles. The summed E-state index contributed by atoms with van der Waals surface area (Å²) in [5.41, 5.74) is 2.21. The smallest absolute Gasteiger partial charge is 0.345 e. The highest BCUT2D eigenvalue weighted by Gasteiger charge is 2.10. The van der Waals surface area contributed by atoms with E-state index >= 15 is 0 Å². The average molecular weight is 279 g/mol. The first kappa shape index (κ1) is 13.5. The van der Waals surface area contributed by atoms with E-state index in [1.54, 1.807) is 25.1 Å². The van der Waals surface area contributed by atoms with Crippen LogP contribution in [-0.2, 0) is 6.54 Å². The number of aromatic carboxylic acids is 1. The van der Waals surface area contributed by atoms with Gasteiger partial charge in [0.1, 0.15) is 10.7 Å². The molecule has 0 aliphatic rings. The Hall–Kier alpha value is -1.88. The Bertz CT molecular complexity index is 622. The van der Waals surface area contributed by atoms with Crippen LogP contribution in [0.15, 0.2) is 24.3 Å². The standard InChI is InChI=1S/C14H14FNO2S/c1-8-3-4-11(6-12(8)15)16-7-10-5-13(14(17)18)19-9(10)2/h3-6,16H,7H2,1-2H3,(H,17,18). The van der Waals surface area contributed by atoms with Crippen LogP contribution in [0.3, 0.4) is 0 Å². The Labute approximate surface area is 114 Å². The van der Waals surface area contributed by atoms with E-state index in [1.807, 2.05) is 6.92 Å². The summed E-state index contributed by atoms with van der Waals surface area (Å²) in [4.78, 5) is 12.1. The van der Waals surface area contributed by atoms with Crippen molar-refractivity contribution in [3.05, 3.63) is 51.0 Å². The van der Waals surface area contributed by atoms with Crippen LogP contribution >= 0.6 is 11.3 Å². The summed E-state index contributed by atoms with van der Waals surface area (Å²) >= 11 is 1.25. The Morgan fingerprint density at radius 3 is 2.68 bits per heavy atom. The van der Waals surface area contributed by atoms with Crippen molar-refractivity contribution in [2.45, 2.75) is 20.4 Å². The van der Waals surface area contributed by atoms with Crippen LogP contribution in [-0.4, -0.2) is 11.1 Å². The van der Waals surface area contributed by atoms with Crippen LogP contribution < -0.4 is 5.32 Å². The third-order valence-corrected chi connectivity index (χ3v) is 3.97. The lowest BCUT2D eigenvalue weighted by Crippen LogP contribution is -2.00. The van der Waals surface area contributed by atoms with Crippen molar-refractivity contribution >= 4 is 23.0 Å². The predicted molar refractivity (Wildman–Crippen MR) is 74.5 cm³/mol. The minimum atomic E-state index is -0.916. The number of rotatable bonds is 4. The van der Waals surface area contributed by atoms with Crippen LogP contribution in [0, 0.1) is 19.7 Å². The molecule has 0 spiro atoms. The van der Waals surface area contributed by atoms with Crippen LogP contribution in [0.4, 0.5) is 10.1 Å². The zero-order valence-electron chi connectivity index (χ0n) is 10.7. The fourth-order valence-electron chi connectivity index (χ4n) is 1.70. The van der Waals surface area contributed by atoms with Crippen LogP contribution in [0.2, 0.25) is 0 Å². The van der Waals surface area contributed by atoms with Crippen LogP contribution in [0.1, 0.15) is 25.7 Å². The first-order chi connectivity index (χ1) is 8.97. The molecule has 0 aliphatic heterocycles. The Kier molecular flexibility index (Phi) is 3.85. The van der Waals surface area contributed by atoms with Gasteiger partial charge in [-0.15, -0.1) is 11.3 Å². The number of thiophene rings is 1. The molecule has 0 fully saturated rings. The van der Waals surface area contributed by atoms with Crippen molar-refractivity contribution in [1.82, 2.24) is 0 Å². The van der Waals surface area contributed by atoms with E-state index in [4.69, 9.17) is 5.11 Å². The summed E-state index contributed by atoms with van der Waals surface area (Å²) in [6.07, 6.45) is 0. The lowest BCUT2D eigenvalue weighted by atomic mass is 10.2. The number of hydrogen-bond donors (Lipinski definition) is 2. The topological polar surface area (TPSA) is 49.3 Å². The minimum absolute atomic E-state index is 0.252. The van der Waals surface area contributed by atoms with Crippen molar-refractivity contribution in [1.29, 1.82) is 0 Å². The molecule has 0 saturated heterocycles. The van der Waals surface area contributed by atoms with Gasteiger partial charge in [0.05, 0.1) is 0 Å². The lowest BCUT2D eigenvalue weighted by Gasteiger charge is -2.07. The van der Waals surface area contributed by atoms with E-state index in [0.29, 0.717) is 22.7 Å². The largest absolute Gasteiger partial charge is 0.477 e. The Morgan fingerprint density at radius 2 is 2.11 bits per heavy atom. The fraction of sp³-hybridized carbons (Fsp3) is 0.214. The molecule has 0 radical (unpaired) electrons. The summed E-state index contributed by atoms with van der Waals surface area (Å²) in [7, 11) is 0. The van der Waals surface area contributed by atoms with Gasteiger partial charge in [0.25, 0.3) is 0 Å². The number of carbonyl (C=O) groups is 1. The number of carboxylic acid groups (broad SMARTS) is 1. The zero-order chi connectivity index (χ0) is 14.0. The maximum Gasteiger partial charge on any atom is 0.345 e. The maximum absolute atomic E-state index is 13.4. The van der Waals surface area contributed by atoms with Gasteiger partial charge >= 0.3 is 5.97 Å². The summed E-state index contributed by atoms with van der Waals surface area (Å²) < 4.78 is 13.4. The number of hydrogen-bond acceptors (Lipinski definition) is 3. The van der Waals surface area contributed by atoms with E-state index in [0.717, 1.165) is 10.4 Å². The molecule has 2 rings (SSSR count). The second-order valence-corrected chi connectivity index (χ2v) is 5.57. The maximum atomic E-state index is 13.4. The SMILES string of the molecule is Cc1ccc(NCc2cc(C(=O)O)sc2C)cc1F. The van der Waals surface area contributed by atoms with Gasteiger partial charge < -0.3 is 10.4 Å². The number of anilines is 1. The van der Waals surface area contributed by atoms with Crippen molar-refractivity contribution in [3.8, 4) is 0 Å². The number of halogens is 1. The van der Waals surface area contributed by atoms with Crippen molar-refractivity contribution in [3.63, 3.8) is 0 Å². The van der Waals surface area contributed by atoms with E-state index in [9.17, 15) is 9.18 Å². The van der Waals surface area contributed by atoms with Crippen molar-refractivity contribution in [2.24, 2.45) is 0 Å². The highest BCUT2D eigenvalue weighted by molar-refractivity contribution is 7.14. The molecule has 0 amide bonds. The van der Waals surface area contributed by atoms with Crippen LogP contribution in [0.25, 0.3) is 0 Å². The zero-order valence-corrected chi connectivity index (χ0v) is 11.5. The molecule has 1 aromatic heterocycles. The Balaban J connectivity index is 2.09. The molecule has 0 saturated carbocycles. The normalized spacial score (nSPS) is 10.5. The molecule has 0 atom stereocenters. The second kappa shape index (κ2) is 5.40. The predicted octanol–water partition coefficient (Wildman–Crippen LogP) is 3.81. The number of benzene rings is 1. The van der Waals surface area contributed by atoms with Gasteiger partial charge in [-0.05, 0) is 43.2 Å². The van der Waals surface area contributed by atoms with Gasteiger partial charge in [-0.3, -0.25) is 0 Å². The van der Waals surface area contributed by atoms with Gasteiger partial charge in [0, 0.05) is 17.1 Å². The summed E-state index contributed by atoms with van der Waals surface area (Å²) in [6.45, 7) is 4.07. The van der Waals surface area contributed by atoms with Gasteiger partial charge in [0.2, 0.25) is 0 Å². The molecule has 0 bridgehead atoms. The lowest BCUT2D eigenvalue weighted by molar-refractivity contribution is 0.0702. The third-order valence-electron chi connectivity index (χ3n) is 2.89. The first-order valence-corrected chi connectivity index (χ1v) is 6.61. The van der Waals surface area contributed by atoms with Crippen LogP contribution in [0.5, 0.6) is 0 Å². The molecule has 1 aromatic carbocycles. The molecule has 1 heterocycles.